The Bertz CT molecular complexity index is 406. The van der Waals surface area contributed by atoms with E-state index in [2.05, 4.69) is 43.8 Å². The van der Waals surface area contributed by atoms with Crippen molar-refractivity contribution in [2.45, 2.75) is 12.1 Å². The Hall–Kier alpha value is -0.550. The first-order valence-electron chi connectivity index (χ1n) is 4.76. The highest BCUT2D eigenvalue weighted by molar-refractivity contribution is 9.11. The molecular weight excluding hydrogens is 274 g/mol. The van der Waals surface area contributed by atoms with Crippen LogP contribution >= 0.6 is 27.7 Å². The second-order valence-electron chi connectivity index (χ2n) is 3.24. The van der Waals surface area contributed by atoms with Gasteiger partial charge in [-0.15, -0.1) is 0 Å². The van der Waals surface area contributed by atoms with Gasteiger partial charge in [0, 0.05) is 22.8 Å². The average Bonchev–Trinajstić information content (AvgIpc) is 2.27. The van der Waals surface area contributed by atoms with E-state index in [4.69, 9.17) is 0 Å². The lowest BCUT2D eigenvalue weighted by Crippen LogP contribution is -2.28. The Morgan fingerprint density at radius 2 is 2.40 bits per heavy atom. The van der Waals surface area contributed by atoms with Crippen LogP contribution in [0.5, 0.6) is 0 Å². The zero-order valence-electron chi connectivity index (χ0n) is 8.70. The molecule has 0 bridgehead atoms. The molecule has 0 N–H and O–H groups in total. The molecule has 0 aliphatic carbocycles. The summed E-state index contributed by atoms with van der Waals surface area (Å²) in [5, 5.41) is 0.832. The second kappa shape index (κ2) is 4.53. The first-order valence-corrected chi connectivity index (χ1v) is 6.78. The van der Waals surface area contributed by atoms with Gasteiger partial charge in [-0.2, -0.15) is 0 Å². The zero-order valence-corrected chi connectivity index (χ0v) is 11.1. The third-order valence-corrected chi connectivity index (χ3v) is 3.33. The van der Waals surface area contributed by atoms with Gasteiger partial charge in [0.2, 0.25) is 0 Å². The van der Waals surface area contributed by atoms with E-state index in [1.54, 1.807) is 11.8 Å². The van der Waals surface area contributed by atoms with Crippen LogP contribution in [0.15, 0.2) is 15.8 Å². The predicted molar refractivity (Wildman–Crippen MR) is 68.6 cm³/mol. The molecular formula is C10H12BrN3S. The van der Waals surface area contributed by atoms with Crippen molar-refractivity contribution in [1.29, 1.82) is 0 Å². The van der Waals surface area contributed by atoms with Gasteiger partial charge in [-0.25, -0.2) is 9.97 Å². The summed E-state index contributed by atoms with van der Waals surface area (Å²) in [6.45, 7) is 3.99. The van der Waals surface area contributed by atoms with Crippen LogP contribution in [0.1, 0.15) is 12.5 Å². The molecule has 3 nitrogen and oxygen atoms in total. The van der Waals surface area contributed by atoms with E-state index in [1.807, 2.05) is 12.5 Å². The van der Waals surface area contributed by atoms with E-state index in [1.165, 1.54) is 4.48 Å². The molecule has 1 aliphatic rings. The largest absolute Gasteiger partial charge is 0.351 e. The topological polar surface area (TPSA) is 29.0 Å². The highest BCUT2D eigenvalue weighted by Crippen LogP contribution is 2.29. The fourth-order valence-corrected chi connectivity index (χ4v) is 2.44. The van der Waals surface area contributed by atoms with Crippen molar-refractivity contribution in [3.8, 4) is 0 Å². The maximum atomic E-state index is 4.53. The first kappa shape index (κ1) is 11.0. The van der Waals surface area contributed by atoms with Crippen molar-refractivity contribution in [2.24, 2.45) is 0 Å². The fourth-order valence-electron chi connectivity index (χ4n) is 1.55. The average molecular weight is 286 g/mol. The van der Waals surface area contributed by atoms with Crippen LogP contribution in [0, 0.1) is 0 Å². The van der Waals surface area contributed by atoms with Crippen LogP contribution in [0.2, 0.25) is 0 Å². The number of hydrogen-bond donors (Lipinski definition) is 0. The van der Waals surface area contributed by atoms with Gasteiger partial charge in [-0.1, -0.05) is 27.7 Å². The van der Waals surface area contributed by atoms with Crippen molar-refractivity contribution in [2.75, 3.05) is 24.2 Å². The van der Waals surface area contributed by atoms with Gasteiger partial charge in [0.05, 0.1) is 6.54 Å². The van der Waals surface area contributed by atoms with Crippen molar-refractivity contribution < 1.29 is 0 Å². The van der Waals surface area contributed by atoms with Crippen molar-refractivity contribution in [1.82, 2.24) is 9.97 Å². The van der Waals surface area contributed by atoms with E-state index < -0.39 is 0 Å². The van der Waals surface area contributed by atoms with Crippen molar-refractivity contribution >= 4 is 39.6 Å². The monoisotopic (exact) mass is 285 g/mol. The van der Waals surface area contributed by atoms with Crippen LogP contribution in [0.25, 0.3) is 6.08 Å². The Balaban J connectivity index is 2.47. The van der Waals surface area contributed by atoms with Crippen molar-refractivity contribution in [3.63, 3.8) is 0 Å². The standard InChI is InChI=1S/C10H12BrN3S/c1-3-14-6-8(11)4-7-5-12-10(15-2)13-9(7)14/h4-5H,3,6H2,1-2H3. The maximum Gasteiger partial charge on any atom is 0.189 e. The number of thioether (sulfide) groups is 1. The zero-order chi connectivity index (χ0) is 10.8. The Labute approximate surface area is 102 Å². The Morgan fingerprint density at radius 3 is 3.07 bits per heavy atom. The van der Waals surface area contributed by atoms with Gasteiger partial charge in [0.15, 0.2) is 5.16 Å². The lowest BCUT2D eigenvalue weighted by atomic mass is 10.2. The Kier molecular flexibility index (Phi) is 3.31. The lowest BCUT2D eigenvalue weighted by Gasteiger charge is -2.27. The van der Waals surface area contributed by atoms with E-state index in [0.717, 1.165) is 29.6 Å². The highest BCUT2D eigenvalue weighted by atomic mass is 79.9. The molecule has 0 atom stereocenters. The van der Waals surface area contributed by atoms with Crippen LogP contribution in [-0.2, 0) is 0 Å². The molecule has 2 heterocycles. The third-order valence-electron chi connectivity index (χ3n) is 2.29. The molecule has 0 saturated heterocycles. The summed E-state index contributed by atoms with van der Waals surface area (Å²) in [7, 11) is 0. The molecule has 5 heteroatoms. The molecule has 1 aromatic rings. The van der Waals surface area contributed by atoms with Gasteiger partial charge in [0.25, 0.3) is 0 Å². The molecule has 2 rings (SSSR count). The minimum atomic E-state index is 0.832. The lowest BCUT2D eigenvalue weighted by molar-refractivity contribution is 0.833. The van der Waals surface area contributed by atoms with Crippen LogP contribution < -0.4 is 4.90 Å². The fraction of sp³-hybridized carbons (Fsp3) is 0.400. The summed E-state index contributed by atoms with van der Waals surface area (Å²) in [5.74, 6) is 1.04. The van der Waals surface area contributed by atoms with Crippen LogP contribution in [0.4, 0.5) is 5.82 Å². The summed E-state index contributed by atoms with van der Waals surface area (Å²) >= 11 is 5.11. The molecule has 0 fully saturated rings. The number of hydrogen-bond acceptors (Lipinski definition) is 4. The quantitative estimate of drug-likeness (QED) is 0.617. The van der Waals surface area contributed by atoms with E-state index >= 15 is 0 Å². The minimum Gasteiger partial charge on any atom is -0.351 e. The molecule has 80 valence electrons. The summed E-state index contributed by atoms with van der Waals surface area (Å²) in [6, 6.07) is 0. The van der Waals surface area contributed by atoms with Gasteiger partial charge >= 0.3 is 0 Å². The number of fused-ring (bicyclic) bond motifs is 1. The van der Waals surface area contributed by atoms with Crippen molar-refractivity contribution in [3.05, 3.63) is 16.2 Å². The summed E-state index contributed by atoms with van der Waals surface area (Å²) in [4.78, 5) is 11.0. The van der Waals surface area contributed by atoms with Crippen LogP contribution in [0.3, 0.4) is 0 Å². The molecule has 0 amide bonds. The van der Waals surface area contributed by atoms with Gasteiger partial charge in [0.1, 0.15) is 5.82 Å². The van der Waals surface area contributed by atoms with E-state index in [0.29, 0.717) is 0 Å². The number of aromatic nitrogens is 2. The third kappa shape index (κ3) is 2.18. The molecule has 0 unspecified atom stereocenters. The summed E-state index contributed by atoms with van der Waals surface area (Å²) in [6.07, 6.45) is 5.97. The molecule has 0 saturated carbocycles. The first-order chi connectivity index (χ1) is 7.24. The minimum absolute atomic E-state index is 0.832. The molecule has 1 aromatic heterocycles. The van der Waals surface area contributed by atoms with Gasteiger partial charge in [-0.05, 0) is 19.3 Å². The molecule has 1 aliphatic heterocycles. The number of rotatable bonds is 2. The van der Waals surface area contributed by atoms with Gasteiger partial charge < -0.3 is 4.90 Å². The summed E-state index contributed by atoms with van der Waals surface area (Å²) < 4.78 is 1.18. The molecule has 15 heavy (non-hydrogen) atoms. The Morgan fingerprint density at radius 1 is 1.60 bits per heavy atom. The maximum absolute atomic E-state index is 4.53. The van der Waals surface area contributed by atoms with Crippen LogP contribution in [-0.4, -0.2) is 29.3 Å². The van der Waals surface area contributed by atoms with E-state index in [-0.39, 0.29) is 0 Å². The number of nitrogens with zero attached hydrogens (tertiary/aromatic N) is 3. The SMILES string of the molecule is CCN1CC(Br)=Cc2cnc(SC)nc21. The molecule has 0 aromatic carbocycles. The summed E-state index contributed by atoms with van der Waals surface area (Å²) in [5.41, 5.74) is 1.09. The van der Waals surface area contributed by atoms with E-state index in [9.17, 15) is 0 Å². The predicted octanol–water partition coefficient (Wildman–Crippen LogP) is 2.77. The second-order valence-corrected chi connectivity index (χ2v) is 5.03. The highest BCUT2D eigenvalue weighted by Gasteiger charge is 2.17. The molecule has 0 spiro atoms. The van der Waals surface area contributed by atoms with Gasteiger partial charge in [-0.3, -0.25) is 0 Å². The normalized spacial score (nSPS) is 14.9. The smallest absolute Gasteiger partial charge is 0.189 e. The number of halogens is 1. The molecule has 0 radical (unpaired) electrons. The number of likely N-dealkylation sites (N-methyl/N-ethyl adjacent to an activating group) is 1. The number of anilines is 1.